The molecule has 0 aromatic carbocycles. The van der Waals surface area contributed by atoms with Gasteiger partial charge in [-0.3, -0.25) is 4.68 Å². The zero-order valence-electron chi connectivity index (χ0n) is 10.1. The van der Waals surface area contributed by atoms with Gasteiger partial charge in [-0.2, -0.15) is 5.10 Å². The van der Waals surface area contributed by atoms with E-state index in [4.69, 9.17) is 0 Å². The van der Waals surface area contributed by atoms with Crippen molar-refractivity contribution < 1.29 is 0 Å². The van der Waals surface area contributed by atoms with E-state index in [1.165, 1.54) is 42.2 Å². The molecule has 0 saturated carbocycles. The van der Waals surface area contributed by atoms with Crippen LogP contribution in [0.1, 0.15) is 39.0 Å². The molecule has 0 bridgehead atoms. The van der Waals surface area contributed by atoms with Crippen molar-refractivity contribution in [2.45, 2.75) is 45.6 Å². The molecule has 1 aromatic rings. The topological polar surface area (TPSA) is 29.9 Å². The molecule has 3 nitrogen and oxygen atoms in total. The minimum atomic E-state index is 1.06. The molecule has 0 spiro atoms. The Labute approximate surface area is 112 Å². The van der Waals surface area contributed by atoms with E-state index in [1.54, 1.807) is 0 Å². The van der Waals surface area contributed by atoms with Crippen molar-refractivity contribution in [2.75, 3.05) is 13.1 Å². The van der Waals surface area contributed by atoms with Crippen LogP contribution < -0.4 is 5.32 Å². The van der Waals surface area contributed by atoms with Crippen molar-refractivity contribution in [2.24, 2.45) is 0 Å². The van der Waals surface area contributed by atoms with Crippen molar-refractivity contribution in [3.05, 3.63) is 16.0 Å². The number of halogens is 1. The molecule has 0 radical (unpaired) electrons. The van der Waals surface area contributed by atoms with E-state index in [0.29, 0.717) is 0 Å². The number of hydrogen-bond donors (Lipinski definition) is 1. The summed E-state index contributed by atoms with van der Waals surface area (Å²) in [7, 11) is 0. The van der Waals surface area contributed by atoms with Gasteiger partial charge in [0.25, 0.3) is 0 Å². The zero-order valence-corrected chi connectivity index (χ0v) is 12.2. The molecule has 0 aliphatic carbocycles. The standard InChI is InChI=1S/C12H22IN3/c1-2-7-14-8-5-3-4-6-9-16-11-12(13)10-15-16/h10-11,14H,2-9H2,1H3. The summed E-state index contributed by atoms with van der Waals surface area (Å²) in [5.74, 6) is 0. The fraction of sp³-hybridized carbons (Fsp3) is 0.750. The third kappa shape index (κ3) is 6.48. The lowest BCUT2D eigenvalue weighted by Gasteiger charge is -2.03. The minimum absolute atomic E-state index is 1.06. The highest BCUT2D eigenvalue weighted by Crippen LogP contribution is 2.04. The highest BCUT2D eigenvalue weighted by molar-refractivity contribution is 14.1. The maximum atomic E-state index is 4.27. The molecule has 0 atom stereocenters. The molecule has 1 aromatic heterocycles. The molecule has 1 rings (SSSR count). The van der Waals surface area contributed by atoms with Crippen LogP contribution in [0.5, 0.6) is 0 Å². The van der Waals surface area contributed by atoms with Crippen molar-refractivity contribution in [3.8, 4) is 0 Å². The Morgan fingerprint density at radius 1 is 1.25 bits per heavy atom. The first-order chi connectivity index (χ1) is 7.83. The van der Waals surface area contributed by atoms with Gasteiger partial charge in [0.15, 0.2) is 0 Å². The smallest absolute Gasteiger partial charge is 0.0623 e. The second-order valence-electron chi connectivity index (χ2n) is 4.09. The summed E-state index contributed by atoms with van der Waals surface area (Å²) in [6, 6.07) is 0. The number of nitrogens with one attached hydrogen (secondary N) is 1. The molecule has 4 heteroatoms. The van der Waals surface area contributed by atoms with Crippen molar-refractivity contribution in [1.82, 2.24) is 15.1 Å². The monoisotopic (exact) mass is 335 g/mol. The minimum Gasteiger partial charge on any atom is -0.317 e. The first-order valence-electron chi connectivity index (χ1n) is 6.21. The van der Waals surface area contributed by atoms with Crippen LogP contribution in [0.15, 0.2) is 12.4 Å². The number of aromatic nitrogens is 2. The van der Waals surface area contributed by atoms with Gasteiger partial charge in [0.2, 0.25) is 0 Å². The Kier molecular flexibility index (Phi) is 7.84. The van der Waals surface area contributed by atoms with Crippen LogP contribution in [0, 0.1) is 3.57 Å². The van der Waals surface area contributed by atoms with E-state index in [0.717, 1.165) is 13.1 Å². The van der Waals surface area contributed by atoms with Crippen LogP contribution in [-0.2, 0) is 6.54 Å². The molecule has 0 unspecified atom stereocenters. The molecule has 0 saturated heterocycles. The largest absolute Gasteiger partial charge is 0.317 e. The van der Waals surface area contributed by atoms with Crippen molar-refractivity contribution >= 4 is 22.6 Å². The van der Waals surface area contributed by atoms with Crippen LogP contribution in [0.3, 0.4) is 0 Å². The molecule has 0 aliphatic rings. The van der Waals surface area contributed by atoms with Gasteiger partial charge in [0.1, 0.15) is 0 Å². The van der Waals surface area contributed by atoms with Crippen LogP contribution in [0.2, 0.25) is 0 Å². The molecular weight excluding hydrogens is 313 g/mol. The van der Waals surface area contributed by atoms with Gasteiger partial charge < -0.3 is 5.32 Å². The molecular formula is C12H22IN3. The highest BCUT2D eigenvalue weighted by atomic mass is 127. The average molecular weight is 335 g/mol. The third-order valence-corrected chi connectivity index (χ3v) is 3.08. The van der Waals surface area contributed by atoms with Gasteiger partial charge in [-0.05, 0) is 54.9 Å². The summed E-state index contributed by atoms with van der Waals surface area (Å²) >= 11 is 2.30. The molecule has 0 fully saturated rings. The van der Waals surface area contributed by atoms with Crippen LogP contribution in [-0.4, -0.2) is 22.9 Å². The maximum Gasteiger partial charge on any atom is 0.0623 e. The van der Waals surface area contributed by atoms with E-state index in [2.05, 4.69) is 46.1 Å². The van der Waals surface area contributed by atoms with Gasteiger partial charge in [-0.25, -0.2) is 0 Å². The van der Waals surface area contributed by atoms with Gasteiger partial charge in [0, 0.05) is 12.7 Å². The Balaban J connectivity index is 1.88. The normalized spacial score (nSPS) is 10.9. The molecule has 1 N–H and O–H groups in total. The number of aryl methyl sites for hydroxylation is 1. The Hall–Kier alpha value is -0.100. The van der Waals surface area contributed by atoms with Gasteiger partial charge in [-0.15, -0.1) is 0 Å². The van der Waals surface area contributed by atoms with Gasteiger partial charge >= 0.3 is 0 Å². The molecule has 1 heterocycles. The molecule has 92 valence electrons. The first kappa shape index (κ1) is 14.0. The summed E-state index contributed by atoms with van der Waals surface area (Å²) in [4.78, 5) is 0. The Morgan fingerprint density at radius 3 is 2.75 bits per heavy atom. The number of hydrogen-bond acceptors (Lipinski definition) is 2. The number of nitrogens with zero attached hydrogens (tertiary/aromatic N) is 2. The van der Waals surface area contributed by atoms with Crippen LogP contribution in [0.4, 0.5) is 0 Å². The molecule has 16 heavy (non-hydrogen) atoms. The second-order valence-corrected chi connectivity index (χ2v) is 5.33. The van der Waals surface area contributed by atoms with E-state index < -0.39 is 0 Å². The van der Waals surface area contributed by atoms with Crippen molar-refractivity contribution in [3.63, 3.8) is 0 Å². The zero-order chi connectivity index (χ0) is 11.6. The van der Waals surface area contributed by atoms with Crippen molar-refractivity contribution in [1.29, 1.82) is 0 Å². The van der Waals surface area contributed by atoms with Crippen LogP contribution >= 0.6 is 22.6 Å². The summed E-state index contributed by atoms with van der Waals surface area (Å²) in [6.07, 6.45) is 10.4. The van der Waals surface area contributed by atoms with E-state index in [9.17, 15) is 0 Å². The third-order valence-electron chi connectivity index (χ3n) is 2.52. The summed E-state index contributed by atoms with van der Waals surface area (Å²) in [6.45, 7) is 5.60. The fourth-order valence-corrected chi connectivity index (χ4v) is 2.09. The van der Waals surface area contributed by atoms with Gasteiger partial charge in [0.05, 0.1) is 9.77 Å². The predicted octanol–water partition coefficient (Wildman–Crippen LogP) is 3.05. The summed E-state index contributed by atoms with van der Waals surface area (Å²) in [5.41, 5.74) is 0. The fourth-order valence-electron chi connectivity index (χ4n) is 1.64. The Morgan fingerprint density at radius 2 is 2.06 bits per heavy atom. The lowest BCUT2D eigenvalue weighted by atomic mass is 10.2. The number of unbranched alkanes of at least 4 members (excludes halogenated alkanes) is 3. The average Bonchev–Trinajstić information content (AvgIpc) is 2.68. The van der Waals surface area contributed by atoms with E-state index >= 15 is 0 Å². The van der Waals surface area contributed by atoms with Gasteiger partial charge in [-0.1, -0.05) is 19.8 Å². The highest BCUT2D eigenvalue weighted by Gasteiger charge is 1.95. The summed E-state index contributed by atoms with van der Waals surface area (Å²) < 4.78 is 3.26. The lowest BCUT2D eigenvalue weighted by molar-refractivity contribution is 0.524. The summed E-state index contributed by atoms with van der Waals surface area (Å²) in [5, 5.41) is 7.70. The van der Waals surface area contributed by atoms with E-state index in [-0.39, 0.29) is 0 Å². The molecule has 0 aliphatic heterocycles. The quantitative estimate of drug-likeness (QED) is 0.555. The van der Waals surface area contributed by atoms with Crippen LogP contribution in [0.25, 0.3) is 0 Å². The molecule has 0 amide bonds. The second kappa shape index (κ2) is 8.98. The maximum absolute atomic E-state index is 4.27. The Bertz CT molecular complexity index is 273. The SMILES string of the molecule is CCCNCCCCCCn1cc(I)cn1. The number of rotatable bonds is 9. The van der Waals surface area contributed by atoms with E-state index in [1.807, 2.05) is 10.9 Å². The lowest BCUT2D eigenvalue weighted by Crippen LogP contribution is -2.15. The first-order valence-corrected chi connectivity index (χ1v) is 7.29. The predicted molar refractivity (Wildman–Crippen MR) is 76.6 cm³/mol.